The lowest BCUT2D eigenvalue weighted by Gasteiger charge is -2.05. The third-order valence-electron chi connectivity index (χ3n) is 3.43. The third kappa shape index (κ3) is 2.74. The quantitative estimate of drug-likeness (QED) is 0.777. The lowest BCUT2D eigenvalue weighted by molar-refractivity contribution is 0.0944. The number of carbonyl (C=O) groups excluding carboxylic acids is 1. The van der Waals surface area contributed by atoms with Crippen LogP contribution in [-0.2, 0) is 6.54 Å². The fraction of sp³-hybridized carbons (Fsp3) is 0.118. The highest BCUT2D eigenvalue weighted by Gasteiger charge is 2.14. The van der Waals surface area contributed by atoms with Crippen LogP contribution in [0, 0.1) is 6.92 Å². The minimum atomic E-state index is -0.478. The van der Waals surface area contributed by atoms with E-state index in [0.717, 1.165) is 11.1 Å². The second kappa shape index (κ2) is 5.81. The number of aromatic amines is 1. The number of benzene rings is 2. The van der Waals surface area contributed by atoms with Gasteiger partial charge in [-0.2, -0.15) is 5.10 Å². The van der Waals surface area contributed by atoms with Gasteiger partial charge in [0.2, 0.25) is 5.43 Å². The molecular weight excluding hydrogens is 278 g/mol. The van der Waals surface area contributed by atoms with E-state index in [9.17, 15) is 9.59 Å². The van der Waals surface area contributed by atoms with E-state index in [4.69, 9.17) is 0 Å². The molecular formula is C17H15N3O2. The first kappa shape index (κ1) is 14.0. The average molecular weight is 293 g/mol. The summed E-state index contributed by atoms with van der Waals surface area (Å²) in [5.74, 6) is -0.478. The van der Waals surface area contributed by atoms with Crippen LogP contribution in [0.5, 0.6) is 0 Å². The van der Waals surface area contributed by atoms with Crippen molar-refractivity contribution >= 4 is 16.8 Å². The van der Waals surface area contributed by atoms with Crippen molar-refractivity contribution in [3.63, 3.8) is 0 Å². The molecule has 0 saturated heterocycles. The van der Waals surface area contributed by atoms with E-state index in [1.807, 2.05) is 43.3 Å². The van der Waals surface area contributed by atoms with Crippen molar-refractivity contribution in [3.8, 4) is 0 Å². The smallest absolute Gasteiger partial charge is 0.276 e. The number of nitrogens with one attached hydrogen (secondary N) is 2. The van der Waals surface area contributed by atoms with Gasteiger partial charge in [0.25, 0.3) is 5.91 Å². The maximum absolute atomic E-state index is 12.4. The van der Waals surface area contributed by atoms with Crippen LogP contribution in [0.4, 0.5) is 0 Å². The highest BCUT2D eigenvalue weighted by molar-refractivity contribution is 5.95. The SMILES string of the molecule is Cc1ccc2[nH]nc(C(=O)NCc3ccccc3)c(=O)c2c1. The monoisotopic (exact) mass is 293 g/mol. The van der Waals surface area contributed by atoms with Gasteiger partial charge in [-0.1, -0.05) is 42.0 Å². The Balaban J connectivity index is 1.88. The summed E-state index contributed by atoms with van der Waals surface area (Å²) in [6.45, 7) is 2.25. The van der Waals surface area contributed by atoms with Gasteiger partial charge in [-0.3, -0.25) is 14.7 Å². The second-order valence-electron chi connectivity index (χ2n) is 5.12. The van der Waals surface area contributed by atoms with Crippen molar-refractivity contribution in [1.82, 2.24) is 15.5 Å². The highest BCUT2D eigenvalue weighted by Crippen LogP contribution is 2.09. The van der Waals surface area contributed by atoms with Crippen molar-refractivity contribution in [2.24, 2.45) is 0 Å². The van der Waals surface area contributed by atoms with E-state index in [-0.39, 0.29) is 11.1 Å². The van der Waals surface area contributed by atoms with E-state index in [1.54, 1.807) is 12.1 Å². The molecule has 2 aromatic carbocycles. The van der Waals surface area contributed by atoms with Gasteiger partial charge in [-0.25, -0.2) is 0 Å². The van der Waals surface area contributed by atoms with Gasteiger partial charge in [-0.15, -0.1) is 0 Å². The van der Waals surface area contributed by atoms with Crippen LogP contribution in [0.15, 0.2) is 53.3 Å². The molecule has 0 spiro atoms. The Morgan fingerprint density at radius 2 is 1.95 bits per heavy atom. The molecule has 0 aliphatic heterocycles. The number of fused-ring (bicyclic) bond motifs is 1. The molecule has 3 rings (SSSR count). The van der Waals surface area contributed by atoms with Crippen molar-refractivity contribution in [1.29, 1.82) is 0 Å². The summed E-state index contributed by atoms with van der Waals surface area (Å²) in [7, 11) is 0. The Bertz CT molecular complexity index is 885. The molecule has 1 aromatic heterocycles. The molecule has 0 aliphatic carbocycles. The zero-order valence-corrected chi connectivity index (χ0v) is 12.1. The number of hydrogen-bond acceptors (Lipinski definition) is 3. The summed E-state index contributed by atoms with van der Waals surface area (Å²) in [6, 6.07) is 14.9. The van der Waals surface area contributed by atoms with Crippen LogP contribution in [0.2, 0.25) is 0 Å². The van der Waals surface area contributed by atoms with Crippen molar-refractivity contribution in [2.45, 2.75) is 13.5 Å². The number of amides is 1. The van der Waals surface area contributed by atoms with E-state index < -0.39 is 5.91 Å². The first-order valence-electron chi connectivity index (χ1n) is 6.96. The van der Waals surface area contributed by atoms with Gasteiger partial charge in [0, 0.05) is 11.9 Å². The molecule has 5 heteroatoms. The number of hydrogen-bond donors (Lipinski definition) is 2. The fourth-order valence-corrected chi connectivity index (χ4v) is 2.25. The van der Waals surface area contributed by atoms with Crippen molar-refractivity contribution < 1.29 is 4.79 Å². The molecule has 0 radical (unpaired) electrons. The van der Waals surface area contributed by atoms with Crippen LogP contribution in [0.25, 0.3) is 10.9 Å². The Labute approximate surface area is 127 Å². The predicted octanol–water partition coefficient (Wildman–Crippen LogP) is 2.16. The first-order valence-corrected chi connectivity index (χ1v) is 6.96. The summed E-state index contributed by atoms with van der Waals surface area (Å²) in [5, 5.41) is 9.84. The van der Waals surface area contributed by atoms with Crippen molar-refractivity contribution in [3.05, 3.63) is 75.6 Å². The molecule has 0 atom stereocenters. The second-order valence-corrected chi connectivity index (χ2v) is 5.12. The van der Waals surface area contributed by atoms with E-state index >= 15 is 0 Å². The van der Waals surface area contributed by atoms with Crippen LogP contribution in [0.1, 0.15) is 21.6 Å². The summed E-state index contributed by atoms with van der Waals surface area (Å²) in [5.41, 5.74) is 2.07. The van der Waals surface area contributed by atoms with E-state index in [2.05, 4.69) is 15.5 Å². The molecule has 2 N–H and O–H groups in total. The van der Waals surface area contributed by atoms with Crippen LogP contribution >= 0.6 is 0 Å². The van der Waals surface area contributed by atoms with Gasteiger partial charge in [0.15, 0.2) is 5.69 Å². The summed E-state index contributed by atoms with van der Waals surface area (Å²) in [6.07, 6.45) is 0. The number of aromatic nitrogens is 2. The molecule has 0 aliphatic rings. The average Bonchev–Trinajstić information content (AvgIpc) is 2.54. The van der Waals surface area contributed by atoms with Gasteiger partial charge < -0.3 is 5.32 Å². The number of nitrogens with zero attached hydrogens (tertiary/aromatic N) is 1. The zero-order chi connectivity index (χ0) is 15.5. The lowest BCUT2D eigenvalue weighted by Crippen LogP contribution is -2.30. The zero-order valence-electron chi connectivity index (χ0n) is 12.1. The molecule has 0 unspecified atom stereocenters. The minimum Gasteiger partial charge on any atom is -0.346 e. The van der Waals surface area contributed by atoms with Crippen LogP contribution in [-0.4, -0.2) is 16.1 Å². The Kier molecular flexibility index (Phi) is 3.70. The van der Waals surface area contributed by atoms with Crippen molar-refractivity contribution in [2.75, 3.05) is 0 Å². The molecule has 0 saturated carbocycles. The predicted molar refractivity (Wildman–Crippen MR) is 84.7 cm³/mol. The summed E-state index contributed by atoms with van der Waals surface area (Å²) < 4.78 is 0. The lowest BCUT2D eigenvalue weighted by atomic mass is 10.1. The van der Waals surface area contributed by atoms with Gasteiger partial charge >= 0.3 is 0 Å². The van der Waals surface area contributed by atoms with Gasteiger partial charge in [-0.05, 0) is 24.6 Å². The summed E-state index contributed by atoms with van der Waals surface area (Å²) in [4.78, 5) is 24.6. The largest absolute Gasteiger partial charge is 0.346 e. The standard InChI is InChI=1S/C17H15N3O2/c1-11-7-8-14-13(9-11)16(21)15(20-19-14)17(22)18-10-12-5-3-2-4-6-12/h2-9H,10H2,1H3,(H,18,22)(H,19,21). The molecule has 0 bridgehead atoms. The van der Waals surface area contributed by atoms with Crippen LogP contribution in [0.3, 0.4) is 0 Å². The molecule has 0 fully saturated rings. The van der Waals surface area contributed by atoms with E-state index in [1.165, 1.54) is 0 Å². The topological polar surface area (TPSA) is 74.8 Å². The van der Waals surface area contributed by atoms with Gasteiger partial charge in [0.05, 0.1) is 5.52 Å². The maximum Gasteiger partial charge on any atom is 0.276 e. The number of carbonyl (C=O) groups is 1. The molecule has 3 aromatic rings. The Morgan fingerprint density at radius 3 is 2.73 bits per heavy atom. The first-order chi connectivity index (χ1) is 10.6. The molecule has 22 heavy (non-hydrogen) atoms. The fourth-order valence-electron chi connectivity index (χ4n) is 2.25. The Morgan fingerprint density at radius 1 is 1.18 bits per heavy atom. The maximum atomic E-state index is 12.4. The molecule has 1 heterocycles. The van der Waals surface area contributed by atoms with E-state index in [0.29, 0.717) is 17.4 Å². The third-order valence-corrected chi connectivity index (χ3v) is 3.43. The normalized spacial score (nSPS) is 10.6. The molecule has 110 valence electrons. The summed E-state index contributed by atoms with van der Waals surface area (Å²) >= 11 is 0. The van der Waals surface area contributed by atoms with Gasteiger partial charge in [0.1, 0.15) is 0 Å². The number of aryl methyl sites for hydroxylation is 1. The number of H-pyrrole nitrogens is 1. The Hall–Kier alpha value is -2.95. The molecule has 5 nitrogen and oxygen atoms in total. The number of rotatable bonds is 3. The minimum absolute atomic E-state index is 0.117. The highest BCUT2D eigenvalue weighted by atomic mass is 16.2. The molecule has 1 amide bonds. The van der Waals surface area contributed by atoms with Crippen LogP contribution < -0.4 is 10.7 Å².